The van der Waals surface area contributed by atoms with E-state index in [0.717, 1.165) is 17.1 Å². The third-order valence-corrected chi connectivity index (χ3v) is 3.75. The molecule has 0 aliphatic carbocycles. The van der Waals surface area contributed by atoms with Crippen molar-refractivity contribution in [3.8, 4) is 23.3 Å². The fourth-order valence-corrected chi connectivity index (χ4v) is 2.15. The number of hydrogen-bond donors (Lipinski definition) is 0. The van der Waals surface area contributed by atoms with Crippen LogP contribution in [0, 0.1) is 11.3 Å². The smallest absolute Gasteiger partial charge is 0.260 e. The molecule has 0 saturated heterocycles. The molecule has 1 amide bonds. The van der Waals surface area contributed by atoms with Gasteiger partial charge in [0.25, 0.3) is 5.91 Å². The van der Waals surface area contributed by atoms with E-state index in [2.05, 4.69) is 6.07 Å². The molecular formula is C20H22N2O4. The largest absolute Gasteiger partial charge is 0.497 e. The predicted octanol–water partition coefficient (Wildman–Crippen LogP) is 2.68. The van der Waals surface area contributed by atoms with Crippen molar-refractivity contribution in [2.45, 2.75) is 6.42 Å². The van der Waals surface area contributed by atoms with Crippen LogP contribution in [0.4, 0.5) is 0 Å². The van der Waals surface area contributed by atoms with Crippen molar-refractivity contribution >= 4 is 5.91 Å². The van der Waals surface area contributed by atoms with Gasteiger partial charge in [0.15, 0.2) is 6.61 Å². The quantitative estimate of drug-likeness (QED) is 0.692. The van der Waals surface area contributed by atoms with Crippen LogP contribution in [0.15, 0.2) is 48.5 Å². The van der Waals surface area contributed by atoms with E-state index in [1.54, 1.807) is 31.2 Å². The van der Waals surface area contributed by atoms with Crippen molar-refractivity contribution in [2.75, 3.05) is 33.9 Å². The minimum atomic E-state index is -0.135. The van der Waals surface area contributed by atoms with Crippen LogP contribution in [0.2, 0.25) is 0 Å². The lowest BCUT2D eigenvalue weighted by Gasteiger charge is -2.18. The SMILES string of the molecule is COc1ccc(OCCN(C)C(=O)COc2ccc(CC#N)cc2)cc1. The highest BCUT2D eigenvalue weighted by atomic mass is 16.5. The van der Waals surface area contributed by atoms with E-state index < -0.39 is 0 Å². The molecule has 0 fully saturated rings. The lowest BCUT2D eigenvalue weighted by atomic mass is 10.2. The third kappa shape index (κ3) is 6.02. The number of rotatable bonds is 9. The predicted molar refractivity (Wildman–Crippen MR) is 97.4 cm³/mol. The molecule has 0 aromatic heterocycles. The Morgan fingerprint density at radius 2 is 1.58 bits per heavy atom. The molecule has 6 heteroatoms. The molecule has 0 radical (unpaired) electrons. The van der Waals surface area contributed by atoms with Gasteiger partial charge in [0, 0.05) is 7.05 Å². The van der Waals surface area contributed by atoms with Crippen LogP contribution in [0.5, 0.6) is 17.2 Å². The lowest BCUT2D eigenvalue weighted by molar-refractivity contribution is -0.132. The first-order valence-electron chi connectivity index (χ1n) is 8.22. The first kappa shape index (κ1) is 19.1. The fraction of sp³-hybridized carbons (Fsp3) is 0.300. The number of methoxy groups -OCH3 is 1. The minimum Gasteiger partial charge on any atom is -0.497 e. The van der Waals surface area contributed by atoms with Crippen molar-refractivity contribution < 1.29 is 19.0 Å². The number of amides is 1. The third-order valence-electron chi connectivity index (χ3n) is 3.75. The lowest BCUT2D eigenvalue weighted by Crippen LogP contribution is -2.34. The Morgan fingerprint density at radius 1 is 1.00 bits per heavy atom. The number of likely N-dealkylation sites (N-methyl/N-ethyl adjacent to an activating group) is 1. The standard InChI is InChI=1S/C20H22N2O4/c1-22(13-14-25-18-9-7-17(24-2)8-10-18)20(23)15-26-19-5-3-16(4-6-19)11-12-21/h3-10H,11,13-15H2,1-2H3. The molecule has 0 atom stereocenters. The average molecular weight is 354 g/mol. The van der Waals surface area contributed by atoms with E-state index >= 15 is 0 Å². The molecule has 2 aromatic carbocycles. The highest BCUT2D eigenvalue weighted by Crippen LogP contribution is 2.17. The Morgan fingerprint density at radius 3 is 2.19 bits per heavy atom. The van der Waals surface area contributed by atoms with E-state index in [1.807, 2.05) is 36.4 Å². The van der Waals surface area contributed by atoms with Crippen LogP contribution in [0.25, 0.3) is 0 Å². The van der Waals surface area contributed by atoms with Gasteiger partial charge in [-0.15, -0.1) is 0 Å². The second-order valence-electron chi connectivity index (χ2n) is 5.61. The Labute approximate surface area is 153 Å². The van der Waals surface area contributed by atoms with Gasteiger partial charge in [-0.2, -0.15) is 5.26 Å². The van der Waals surface area contributed by atoms with E-state index in [0.29, 0.717) is 25.3 Å². The Bertz CT molecular complexity index is 736. The molecule has 0 saturated carbocycles. The summed E-state index contributed by atoms with van der Waals surface area (Å²) in [7, 11) is 3.32. The van der Waals surface area contributed by atoms with Crippen LogP contribution in [0.3, 0.4) is 0 Å². The van der Waals surface area contributed by atoms with Crippen molar-refractivity contribution in [2.24, 2.45) is 0 Å². The van der Waals surface area contributed by atoms with Gasteiger partial charge in [0.1, 0.15) is 23.9 Å². The number of carbonyl (C=O) groups excluding carboxylic acids is 1. The second-order valence-corrected chi connectivity index (χ2v) is 5.61. The minimum absolute atomic E-state index is 0.0450. The summed E-state index contributed by atoms with van der Waals surface area (Å²) in [4.78, 5) is 13.7. The maximum absolute atomic E-state index is 12.1. The van der Waals surface area contributed by atoms with E-state index in [-0.39, 0.29) is 12.5 Å². The molecule has 0 bridgehead atoms. The summed E-state index contributed by atoms with van der Waals surface area (Å²) < 4.78 is 16.2. The highest BCUT2D eigenvalue weighted by molar-refractivity contribution is 5.77. The first-order valence-corrected chi connectivity index (χ1v) is 8.22. The summed E-state index contributed by atoms with van der Waals surface area (Å²) in [6.45, 7) is 0.795. The number of nitriles is 1. The molecule has 0 aliphatic rings. The molecule has 2 rings (SSSR count). The molecule has 26 heavy (non-hydrogen) atoms. The Balaban J connectivity index is 1.70. The Hall–Kier alpha value is -3.20. The fourth-order valence-electron chi connectivity index (χ4n) is 2.15. The summed E-state index contributed by atoms with van der Waals surface area (Å²) in [5.41, 5.74) is 0.916. The molecule has 0 spiro atoms. The summed E-state index contributed by atoms with van der Waals surface area (Å²) in [5.74, 6) is 1.95. The van der Waals surface area contributed by atoms with Gasteiger partial charge < -0.3 is 19.1 Å². The molecule has 0 unspecified atom stereocenters. The molecule has 2 aromatic rings. The zero-order valence-corrected chi connectivity index (χ0v) is 15.0. The molecular weight excluding hydrogens is 332 g/mol. The van der Waals surface area contributed by atoms with Gasteiger partial charge in [-0.3, -0.25) is 4.79 Å². The summed E-state index contributed by atoms with van der Waals surface area (Å²) >= 11 is 0. The number of hydrogen-bond acceptors (Lipinski definition) is 5. The van der Waals surface area contributed by atoms with Crippen LogP contribution >= 0.6 is 0 Å². The van der Waals surface area contributed by atoms with Gasteiger partial charge >= 0.3 is 0 Å². The molecule has 136 valence electrons. The summed E-state index contributed by atoms with van der Waals surface area (Å²) in [6.07, 6.45) is 0.357. The molecule has 6 nitrogen and oxygen atoms in total. The number of ether oxygens (including phenoxy) is 3. The van der Waals surface area contributed by atoms with Crippen LogP contribution in [-0.4, -0.2) is 44.7 Å². The van der Waals surface area contributed by atoms with Crippen molar-refractivity contribution in [1.82, 2.24) is 4.90 Å². The Kier molecular flexibility index (Phi) is 7.31. The zero-order chi connectivity index (χ0) is 18.8. The number of benzene rings is 2. The first-order chi connectivity index (χ1) is 12.6. The van der Waals surface area contributed by atoms with Crippen molar-refractivity contribution in [1.29, 1.82) is 5.26 Å². The second kappa shape index (κ2) is 9.94. The summed E-state index contributed by atoms with van der Waals surface area (Å²) in [5, 5.41) is 8.65. The maximum Gasteiger partial charge on any atom is 0.260 e. The highest BCUT2D eigenvalue weighted by Gasteiger charge is 2.10. The van der Waals surface area contributed by atoms with E-state index in [1.165, 1.54) is 0 Å². The van der Waals surface area contributed by atoms with Crippen LogP contribution in [0.1, 0.15) is 5.56 Å². The van der Waals surface area contributed by atoms with Gasteiger partial charge in [0.2, 0.25) is 0 Å². The molecule has 0 aliphatic heterocycles. The van der Waals surface area contributed by atoms with Crippen molar-refractivity contribution in [3.05, 3.63) is 54.1 Å². The molecule has 0 N–H and O–H groups in total. The normalized spacial score (nSPS) is 9.88. The average Bonchev–Trinajstić information content (AvgIpc) is 2.68. The van der Waals surface area contributed by atoms with E-state index in [9.17, 15) is 4.79 Å². The van der Waals surface area contributed by atoms with Gasteiger partial charge in [0.05, 0.1) is 26.1 Å². The maximum atomic E-state index is 12.1. The van der Waals surface area contributed by atoms with Crippen LogP contribution < -0.4 is 14.2 Å². The molecule has 0 heterocycles. The van der Waals surface area contributed by atoms with Gasteiger partial charge in [-0.05, 0) is 42.0 Å². The topological polar surface area (TPSA) is 71.8 Å². The zero-order valence-electron chi connectivity index (χ0n) is 15.0. The summed E-state index contributed by atoms with van der Waals surface area (Å²) in [6, 6.07) is 16.5. The van der Waals surface area contributed by atoms with E-state index in [4.69, 9.17) is 19.5 Å². The number of carbonyl (C=O) groups is 1. The van der Waals surface area contributed by atoms with Crippen molar-refractivity contribution in [3.63, 3.8) is 0 Å². The van der Waals surface area contributed by atoms with Gasteiger partial charge in [-0.1, -0.05) is 12.1 Å². The van der Waals surface area contributed by atoms with Gasteiger partial charge in [-0.25, -0.2) is 0 Å². The monoisotopic (exact) mass is 354 g/mol. The number of nitrogens with zero attached hydrogens (tertiary/aromatic N) is 2. The van der Waals surface area contributed by atoms with Crippen LogP contribution in [-0.2, 0) is 11.2 Å².